The number of carbonyl (C=O) groups excluding carboxylic acids is 1. The van der Waals surface area contributed by atoms with Gasteiger partial charge >= 0.3 is 0 Å². The largest absolute Gasteiger partial charge is 0.295 e. The van der Waals surface area contributed by atoms with E-state index in [1.54, 1.807) is 5.57 Å². The second-order valence-electron chi connectivity index (χ2n) is 8.77. The summed E-state index contributed by atoms with van der Waals surface area (Å²) in [6, 6.07) is 0. The Morgan fingerprint density at radius 3 is 2.70 bits per heavy atom. The minimum Gasteiger partial charge on any atom is -0.295 e. The topological polar surface area (TPSA) is 17.1 Å². The van der Waals surface area contributed by atoms with Crippen molar-refractivity contribution in [3.8, 4) is 0 Å². The maximum atomic E-state index is 11.8. The molecule has 0 aliphatic heterocycles. The van der Waals surface area contributed by atoms with E-state index in [2.05, 4.69) is 26.8 Å². The summed E-state index contributed by atoms with van der Waals surface area (Å²) >= 11 is 0. The van der Waals surface area contributed by atoms with Crippen molar-refractivity contribution in [2.75, 3.05) is 0 Å². The molecule has 0 heterocycles. The Hall–Kier alpha value is -0.560. The van der Waals surface area contributed by atoms with Gasteiger partial charge in [-0.15, -0.1) is 12.4 Å². The van der Waals surface area contributed by atoms with Gasteiger partial charge in [-0.25, -0.2) is 0 Å². The Balaban J connectivity index is 0.00000156. The lowest BCUT2D eigenvalue weighted by Crippen LogP contribution is -2.44. The average molecular weight is 335 g/mol. The van der Waals surface area contributed by atoms with Gasteiger partial charge in [0, 0.05) is 11.8 Å². The maximum Gasteiger partial charge on any atom is 0.155 e. The SMILES string of the molecule is CC[C@H]1CC[C@H]2[C@@H]3CCC4=CC(=O)CC[C@]4(C)C3=CC[C@]12C.Cl. The highest BCUT2D eigenvalue weighted by Gasteiger charge is 2.55. The van der Waals surface area contributed by atoms with Crippen LogP contribution in [0.25, 0.3) is 0 Å². The molecule has 23 heavy (non-hydrogen) atoms. The Kier molecular flexibility index (Phi) is 4.32. The fourth-order valence-electron chi connectivity index (χ4n) is 6.63. The van der Waals surface area contributed by atoms with Crippen LogP contribution in [0, 0.1) is 28.6 Å². The van der Waals surface area contributed by atoms with Crippen LogP contribution in [0.4, 0.5) is 0 Å². The number of fused-ring (bicyclic) bond motifs is 5. The van der Waals surface area contributed by atoms with Gasteiger partial charge in [0.1, 0.15) is 0 Å². The number of ketones is 1. The Morgan fingerprint density at radius 2 is 1.96 bits per heavy atom. The van der Waals surface area contributed by atoms with E-state index in [1.807, 2.05) is 6.08 Å². The molecule has 0 aromatic carbocycles. The molecule has 2 saturated carbocycles. The van der Waals surface area contributed by atoms with Crippen molar-refractivity contribution in [3.63, 3.8) is 0 Å². The number of carbonyl (C=O) groups is 1. The Bertz CT molecular complexity index is 574. The fourth-order valence-corrected chi connectivity index (χ4v) is 6.63. The van der Waals surface area contributed by atoms with Crippen molar-refractivity contribution in [2.45, 2.75) is 72.1 Å². The third kappa shape index (κ3) is 2.29. The van der Waals surface area contributed by atoms with Gasteiger partial charge in [0.25, 0.3) is 0 Å². The van der Waals surface area contributed by atoms with Crippen LogP contribution in [-0.4, -0.2) is 5.78 Å². The summed E-state index contributed by atoms with van der Waals surface area (Å²) < 4.78 is 0. The van der Waals surface area contributed by atoms with E-state index in [4.69, 9.17) is 0 Å². The zero-order valence-electron chi connectivity index (χ0n) is 14.9. The van der Waals surface area contributed by atoms with Gasteiger partial charge in [-0.2, -0.15) is 0 Å². The summed E-state index contributed by atoms with van der Waals surface area (Å²) in [6.45, 7) is 7.38. The van der Waals surface area contributed by atoms with Crippen LogP contribution in [0.15, 0.2) is 23.3 Å². The van der Waals surface area contributed by atoms with Crippen LogP contribution in [0.5, 0.6) is 0 Å². The zero-order valence-corrected chi connectivity index (χ0v) is 15.7. The highest BCUT2D eigenvalue weighted by atomic mass is 35.5. The van der Waals surface area contributed by atoms with Crippen LogP contribution in [0.1, 0.15) is 72.1 Å². The molecule has 0 spiro atoms. The normalized spacial score (nSPS) is 45.2. The lowest BCUT2D eigenvalue weighted by molar-refractivity contribution is -0.115. The van der Waals surface area contributed by atoms with Gasteiger partial charge in [-0.05, 0) is 67.8 Å². The molecule has 5 atom stereocenters. The van der Waals surface area contributed by atoms with Crippen molar-refractivity contribution >= 4 is 18.2 Å². The molecule has 128 valence electrons. The molecule has 2 heteroatoms. The molecule has 0 bridgehead atoms. The van der Waals surface area contributed by atoms with E-state index in [9.17, 15) is 4.79 Å². The van der Waals surface area contributed by atoms with Crippen LogP contribution < -0.4 is 0 Å². The highest BCUT2D eigenvalue weighted by Crippen LogP contribution is 2.64. The predicted octanol–water partition coefficient (Wildman–Crippen LogP) is 5.89. The van der Waals surface area contributed by atoms with Crippen LogP contribution in [0.3, 0.4) is 0 Å². The summed E-state index contributed by atoms with van der Waals surface area (Å²) in [7, 11) is 0. The molecule has 0 aromatic rings. The molecule has 0 aromatic heterocycles. The maximum absolute atomic E-state index is 11.8. The summed E-state index contributed by atoms with van der Waals surface area (Å²) in [5.74, 6) is 2.98. The number of halogens is 1. The predicted molar refractivity (Wildman–Crippen MR) is 97.7 cm³/mol. The number of hydrogen-bond donors (Lipinski definition) is 0. The van der Waals surface area contributed by atoms with Crippen LogP contribution in [-0.2, 0) is 4.79 Å². The summed E-state index contributed by atoms with van der Waals surface area (Å²) in [5, 5.41) is 0. The monoisotopic (exact) mass is 334 g/mol. The minimum absolute atomic E-state index is 0. The van der Waals surface area contributed by atoms with E-state index in [0.29, 0.717) is 11.2 Å². The van der Waals surface area contributed by atoms with Crippen LogP contribution in [0.2, 0.25) is 0 Å². The van der Waals surface area contributed by atoms with Gasteiger partial charge < -0.3 is 0 Å². The standard InChI is InChI=1S/C21H30O.ClH/c1-4-14-6-8-18-17-7-5-15-13-16(22)9-11-21(15,3)19(17)10-12-20(14,18)2;/h10,13-14,17-18H,4-9,11-12H2,1-3H3;1H/t14-,17-,18-,20+,21-;/m0./s1. The van der Waals surface area contributed by atoms with Crippen molar-refractivity contribution in [2.24, 2.45) is 28.6 Å². The minimum atomic E-state index is 0. The first-order valence-corrected chi connectivity index (χ1v) is 9.43. The third-order valence-electron chi connectivity index (χ3n) is 8.02. The molecule has 4 aliphatic rings. The van der Waals surface area contributed by atoms with E-state index in [-0.39, 0.29) is 17.8 Å². The first-order chi connectivity index (χ1) is 10.5. The molecule has 4 rings (SSSR count). The first-order valence-electron chi connectivity index (χ1n) is 9.43. The molecule has 4 aliphatic carbocycles. The quantitative estimate of drug-likeness (QED) is 0.547. The lowest BCUT2D eigenvalue weighted by atomic mass is 9.51. The number of allylic oxidation sites excluding steroid dienone is 4. The number of hydrogen-bond acceptors (Lipinski definition) is 1. The summed E-state index contributed by atoms with van der Waals surface area (Å²) in [4.78, 5) is 11.8. The number of rotatable bonds is 1. The second kappa shape index (κ2) is 5.76. The third-order valence-corrected chi connectivity index (χ3v) is 8.02. The van der Waals surface area contributed by atoms with Crippen molar-refractivity contribution in [1.29, 1.82) is 0 Å². The van der Waals surface area contributed by atoms with E-state index in [0.717, 1.165) is 37.0 Å². The van der Waals surface area contributed by atoms with Crippen molar-refractivity contribution in [3.05, 3.63) is 23.3 Å². The molecule has 0 N–H and O–H groups in total. The van der Waals surface area contributed by atoms with Gasteiger partial charge in [0.2, 0.25) is 0 Å². The van der Waals surface area contributed by atoms with Gasteiger partial charge in [0.15, 0.2) is 5.78 Å². The molecular formula is C21H31ClO. The van der Waals surface area contributed by atoms with Crippen molar-refractivity contribution < 1.29 is 4.79 Å². The van der Waals surface area contributed by atoms with Gasteiger partial charge in [-0.3, -0.25) is 4.79 Å². The summed E-state index contributed by atoms with van der Waals surface area (Å²) in [5.41, 5.74) is 3.92. The second-order valence-corrected chi connectivity index (χ2v) is 8.77. The lowest BCUT2D eigenvalue weighted by Gasteiger charge is -2.53. The molecule has 0 radical (unpaired) electrons. The van der Waals surface area contributed by atoms with E-state index >= 15 is 0 Å². The van der Waals surface area contributed by atoms with E-state index in [1.165, 1.54) is 37.7 Å². The van der Waals surface area contributed by atoms with Gasteiger partial charge in [0.05, 0.1) is 0 Å². The molecule has 0 amide bonds. The molecule has 0 unspecified atom stereocenters. The Morgan fingerprint density at radius 1 is 1.17 bits per heavy atom. The fraction of sp³-hybridized carbons (Fsp3) is 0.762. The zero-order chi connectivity index (χ0) is 15.5. The smallest absolute Gasteiger partial charge is 0.155 e. The molecule has 0 saturated heterocycles. The average Bonchev–Trinajstić information content (AvgIpc) is 2.84. The summed E-state index contributed by atoms with van der Waals surface area (Å²) in [6.07, 6.45) is 14.4. The molecule has 2 fully saturated rings. The van der Waals surface area contributed by atoms with E-state index < -0.39 is 0 Å². The van der Waals surface area contributed by atoms with Crippen LogP contribution >= 0.6 is 12.4 Å². The molecule has 1 nitrogen and oxygen atoms in total. The molecular weight excluding hydrogens is 304 g/mol. The highest BCUT2D eigenvalue weighted by molar-refractivity contribution is 5.92. The van der Waals surface area contributed by atoms with Crippen molar-refractivity contribution in [1.82, 2.24) is 0 Å². The Labute approximate surface area is 147 Å². The van der Waals surface area contributed by atoms with Gasteiger partial charge in [-0.1, -0.05) is 44.4 Å². The first kappa shape index (κ1) is 17.3.